The van der Waals surface area contributed by atoms with Crippen molar-refractivity contribution in [1.82, 2.24) is 4.31 Å². The maximum Gasteiger partial charge on any atom is 0.243 e. The first kappa shape index (κ1) is 23.6. The van der Waals surface area contributed by atoms with E-state index in [1.807, 2.05) is 24.3 Å². The summed E-state index contributed by atoms with van der Waals surface area (Å²) in [6.07, 6.45) is 5.43. The van der Waals surface area contributed by atoms with E-state index in [2.05, 4.69) is 10.2 Å². The predicted molar refractivity (Wildman–Crippen MR) is 124 cm³/mol. The first-order valence-electron chi connectivity index (χ1n) is 11.5. The number of hydrogen-bond acceptors (Lipinski definition) is 4. The van der Waals surface area contributed by atoms with E-state index in [4.69, 9.17) is 0 Å². The molecule has 0 aliphatic carbocycles. The highest BCUT2D eigenvalue weighted by molar-refractivity contribution is 7.89. The summed E-state index contributed by atoms with van der Waals surface area (Å²) in [5.74, 6) is -2.74. The maximum absolute atomic E-state index is 13.5. The second kappa shape index (κ2) is 10.2. The molecule has 1 N–H and O–H groups in total. The molecule has 178 valence electrons. The molecule has 0 radical (unpaired) electrons. The molecule has 4 rings (SSSR count). The summed E-state index contributed by atoms with van der Waals surface area (Å²) >= 11 is 0. The van der Waals surface area contributed by atoms with Crippen LogP contribution in [0.4, 0.5) is 20.2 Å². The van der Waals surface area contributed by atoms with Crippen LogP contribution in [0.25, 0.3) is 0 Å². The molecular weight excluding hydrogens is 448 g/mol. The van der Waals surface area contributed by atoms with Crippen LogP contribution in [0.5, 0.6) is 0 Å². The van der Waals surface area contributed by atoms with Crippen molar-refractivity contribution in [3.05, 3.63) is 54.1 Å². The monoisotopic (exact) mass is 477 g/mol. The minimum atomic E-state index is -3.95. The predicted octanol–water partition coefficient (Wildman–Crippen LogP) is 4.38. The number of benzene rings is 2. The zero-order valence-corrected chi connectivity index (χ0v) is 19.3. The van der Waals surface area contributed by atoms with E-state index in [1.54, 1.807) is 0 Å². The van der Waals surface area contributed by atoms with Crippen LogP contribution in [-0.2, 0) is 14.8 Å². The highest BCUT2D eigenvalue weighted by Gasteiger charge is 2.33. The normalized spacial score (nSPS) is 18.7. The standard InChI is InChI=1S/C24H29F2N3O3S/c25-20-10-9-19(17-21(20)26)33(31,32)29-15-11-18(12-16-29)24(30)27-22-7-3-4-8-23(22)28-13-5-1-2-6-14-28/h3-4,7-10,17-18H,1-2,5-6,11-16H2,(H,27,30). The van der Waals surface area contributed by atoms with Crippen molar-refractivity contribution in [2.24, 2.45) is 5.92 Å². The van der Waals surface area contributed by atoms with Gasteiger partial charge in [0.2, 0.25) is 15.9 Å². The van der Waals surface area contributed by atoms with Gasteiger partial charge in [0.05, 0.1) is 16.3 Å². The van der Waals surface area contributed by atoms with Crippen LogP contribution in [0.1, 0.15) is 38.5 Å². The van der Waals surface area contributed by atoms with Gasteiger partial charge >= 0.3 is 0 Å². The van der Waals surface area contributed by atoms with E-state index >= 15 is 0 Å². The molecule has 2 saturated heterocycles. The molecule has 6 nitrogen and oxygen atoms in total. The fourth-order valence-electron chi connectivity index (χ4n) is 4.55. The van der Waals surface area contributed by atoms with E-state index < -0.39 is 21.7 Å². The van der Waals surface area contributed by atoms with Crippen LogP contribution in [0, 0.1) is 17.6 Å². The lowest BCUT2D eigenvalue weighted by Crippen LogP contribution is -2.41. The Balaban J connectivity index is 1.40. The van der Waals surface area contributed by atoms with E-state index in [0.29, 0.717) is 18.9 Å². The van der Waals surface area contributed by atoms with Gasteiger partial charge in [-0.05, 0) is 56.0 Å². The summed E-state index contributed by atoms with van der Waals surface area (Å²) in [6, 6.07) is 10.4. The maximum atomic E-state index is 13.5. The van der Waals surface area contributed by atoms with Crippen molar-refractivity contribution in [3.8, 4) is 0 Å². The first-order valence-corrected chi connectivity index (χ1v) is 12.9. The molecule has 2 aromatic rings. The number of hydrogen-bond donors (Lipinski definition) is 1. The number of amides is 1. The third-order valence-electron chi connectivity index (χ3n) is 6.46. The van der Waals surface area contributed by atoms with Gasteiger partial charge in [0.1, 0.15) is 0 Å². The average molecular weight is 478 g/mol. The fraction of sp³-hybridized carbons (Fsp3) is 0.458. The Bertz CT molecular complexity index is 1090. The van der Waals surface area contributed by atoms with Gasteiger partial charge in [-0.15, -0.1) is 0 Å². The van der Waals surface area contributed by atoms with Crippen LogP contribution in [0.2, 0.25) is 0 Å². The van der Waals surface area contributed by atoms with E-state index in [1.165, 1.54) is 17.1 Å². The molecule has 0 bridgehead atoms. The number of nitrogens with one attached hydrogen (secondary N) is 1. The second-order valence-electron chi connectivity index (χ2n) is 8.66. The number of anilines is 2. The third-order valence-corrected chi connectivity index (χ3v) is 8.36. The summed E-state index contributed by atoms with van der Waals surface area (Å²) in [5, 5.41) is 3.06. The number of piperidine rings is 1. The minimum Gasteiger partial charge on any atom is -0.370 e. The number of carbonyl (C=O) groups excluding carboxylic acids is 1. The quantitative estimate of drug-likeness (QED) is 0.694. The number of sulfonamides is 1. The Labute approximate surface area is 193 Å². The fourth-order valence-corrected chi connectivity index (χ4v) is 6.03. The largest absolute Gasteiger partial charge is 0.370 e. The Kier molecular flexibility index (Phi) is 7.29. The van der Waals surface area contributed by atoms with Gasteiger partial charge in [0, 0.05) is 32.1 Å². The molecular formula is C24H29F2N3O3S. The van der Waals surface area contributed by atoms with Crippen molar-refractivity contribution < 1.29 is 22.0 Å². The van der Waals surface area contributed by atoms with Gasteiger partial charge in [-0.3, -0.25) is 4.79 Å². The van der Waals surface area contributed by atoms with Gasteiger partial charge < -0.3 is 10.2 Å². The average Bonchev–Trinajstić information content (AvgIpc) is 3.11. The van der Waals surface area contributed by atoms with Crippen molar-refractivity contribution >= 4 is 27.3 Å². The van der Waals surface area contributed by atoms with E-state index in [0.717, 1.165) is 49.4 Å². The molecule has 0 saturated carbocycles. The SMILES string of the molecule is O=C(Nc1ccccc1N1CCCCCC1)C1CCN(S(=O)(=O)c2ccc(F)c(F)c2)CC1. The lowest BCUT2D eigenvalue weighted by molar-refractivity contribution is -0.120. The van der Waals surface area contributed by atoms with Crippen molar-refractivity contribution in [2.75, 3.05) is 36.4 Å². The van der Waals surface area contributed by atoms with Gasteiger partial charge in [-0.25, -0.2) is 17.2 Å². The Morgan fingerprint density at radius 2 is 1.55 bits per heavy atom. The highest BCUT2D eigenvalue weighted by atomic mass is 32.2. The van der Waals surface area contributed by atoms with Crippen LogP contribution in [-0.4, -0.2) is 44.8 Å². The topological polar surface area (TPSA) is 69.7 Å². The lowest BCUT2D eigenvalue weighted by Gasteiger charge is -2.31. The smallest absolute Gasteiger partial charge is 0.243 e. The molecule has 0 unspecified atom stereocenters. The summed E-state index contributed by atoms with van der Waals surface area (Å²) in [6.45, 7) is 2.22. The summed E-state index contributed by atoms with van der Waals surface area (Å²) in [7, 11) is -3.95. The number of para-hydroxylation sites is 2. The third kappa shape index (κ3) is 5.35. The molecule has 0 atom stereocenters. The summed E-state index contributed by atoms with van der Waals surface area (Å²) in [4.78, 5) is 15.0. The van der Waals surface area contributed by atoms with Crippen LogP contribution in [0.15, 0.2) is 47.4 Å². The molecule has 0 aromatic heterocycles. The van der Waals surface area contributed by atoms with Crippen LogP contribution < -0.4 is 10.2 Å². The van der Waals surface area contributed by atoms with Gasteiger partial charge in [0.15, 0.2) is 11.6 Å². The number of nitrogens with zero attached hydrogens (tertiary/aromatic N) is 2. The van der Waals surface area contributed by atoms with Gasteiger partial charge in [0.25, 0.3) is 0 Å². The molecule has 2 aromatic carbocycles. The molecule has 2 aliphatic rings. The second-order valence-corrected chi connectivity index (χ2v) is 10.6. The Morgan fingerprint density at radius 3 is 2.21 bits per heavy atom. The zero-order valence-electron chi connectivity index (χ0n) is 18.5. The minimum absolute atomic E-state index is 0.123. The molecule has 1 amide bonds. The van der Waals surface area contributed by atoms with E-state index in [-0.39, 0.29) is 29.8 Å². The van der Waals surface area contributed by atoms with E-state index in [9.17, 15) is 22.0 Å². The zero-order chi connectivity index (χ0) is 23.4. The molecule has 2 aliphatic heterocycles. The molecule has 9 heteroatoms. The van der Waals surface area contributed by atoms with Crippen molar-refractivity contribution in [1.29, 1.82) is 0 Å². The van der Waals surface area contributed by atoms with Crippen molar-refractivity contribution in [3.63, 3.8) is 0 Å². The Morgan fingerprint density at radius 1 is 0.879 bits per heavy atom. The first-order chi connectivity index (χ1) is 15.9. The highest BCUT2D eigenvalue weighted by Crippen LogP contribution is 2.30. The molecule has 2 fully saturated rings. The van der Waals surface area contributed by atoms with Crippen molar-refractivity contribution in [2.45, 2.75) is 43.4 Å². The molecule has 2 heterocycles. The van der Waals surface area contributed by atoms with Gasteiger partial charge in [-0.2, -0.15) is 4.31 Å². The molecule has 33 heavy (non-hydrogen) atoms. The number of halogens is 2. The summed E-state index contributed by atoms with van der Waals surface area (Å²) < 4.78 is 53.5. The Hall–Kier alpha value is -2.52. The lowest BCUT2D eigenvalue weighted by atomic mass is 9.97. The number of carbonyl (C=O) groups is 1. The number of rotatable bonds is 5. The molecule has 0 spiro atoms. The van der Waals surface area contributed by atoms with Crippen LogP contribution >= 0.6 is 0 Å². The summed E-state index contributed by atoms with van der Waals surface area (Å²) in [5.41, 5.74) is 1.80. The van der Waals surface area contributed by atoms with Crippen LogP contribution in [0.3, 0.4) is 0 Å². The van der Waals surface area contributed by atoms with Gasteiger partial charge in [-0.1, -0.05) is 25.0 Å².